The zero-order chi connectivity index (χ0) is 10.9. The summed E-state index contributed by atoms with van der Waals surface area (Å²) in [4.78, 5) is 3.22. The van der Waals surface area contributed by atoms with Crippen LogP contribution in [-0.4, -0.2) is 15.7 Å². The maximum absolute atomic E-state index is 10.0. The molecule has 0 spiro atoms. The number of para-hydroxylation sites is 1. The Hall–Kier alpha value is -1.28. The maximum Gasteiger partial charge on any atom is 0.0658 e. The minimum absolute atomic E-state index is 0.606. The molecule has 15 heavy (non-hydrogen) atoms. The summed E-state index contributed by atoms with van der Waals surface area (Å²) >= 11 is 0. The van der Waals surface area contributed by atoms with Crippen molar-refractivity contribution < 1.29 is 5.11 Å². The van der Waals surface area contributed by atoms with Crippen LogP contribution in [0.4, 0.5) is 0 Å². The van der Waals surface area contributed by atoms with Crippen LogP contribution in [0.5, 0.6) is 0 Å². The summed E-state index contributed by atoms with van der Waals surface area (Å²) in [5, 5.41) is 11.3. The third kappa shape index (κ3) is 2.05. The van der Waals surface area contributed by atoms with Crippen molar-refractivity contribution in [1.29, 1.82) is 0 Å². The Morgan fingerprint density at radius 3 is 2.80 bits per heavy atom. The van der Waals surface area contributed by atoms with Gasteiger partial charge in [-0.2, -0.15) is 0 Å². The number of fused-ring (bicyclic) bond motifs is 1. The van der Waals surface area contributed by atoms with Gasteiger partial charge in [-0.05, 0) is 25.0 Å². The van der Waals surface area contributed by atoms with Crippen molar-refractivity contribution in [3.05, 3.63) is 36.0 Å². The normalized spacial score (nSPS) is 15.4. The summed E-state index contributed by atoms with van der Waals surface area (Å²) in [6, 6.07) is 8.19. The number of aromatic amines is 1. The summed E-state index contributed by atoms with van der Waals surface area (Å²) in [6.45, 7) is 3.89. The lowest BCUT2D eigenvalue weighted by atomic mass is 9.94. The number of nitrogens with one attached hydrogen (secondary N) is 1. The van der Waals surface area contributed by atoms with Gasteiger partial charge in [-0.25, -0.2) is 0 Å². The van der Waals surface area contributed by atoms with E-state index in [0.29, 0.717) is 6.42 Å². The second-order valence-corrected chi connectivity index (χ2v) is 4.39. The standard InChI is InChI=1S/C13H17NO/c1-3-13(2,15)8-10-9-14-12-7-5-4-6-11(10)12/h4-7,9,14-15H,3,8H2,1-2H3. The number of H-pyrrole nitrogens is 1. The van der Waals surface area contributed by atoms with E-state index in [1.54, 1.807) is 0 Å². The number of aromatic nitrogens is 1. The van der Waals surface area contributed by atoms with Crippen molar-refractivity contribution in [2.75, 3.05) is 0 Å². The van der Waals surface area contributed by atoms with E-state index in [1.807, 2.05) is 32.2 Å². The predicted octanol–water partition coefficient (Wildman–Crippen LogP) is 2.87. The average Bonchev–Trinajstić information content (AvgIpc) is 2.62. The Bertz CT molecular complexity index is 456. The third-order valence-corrected chi connectivity index (χ3v) is 3.01. The maximum atomic E-state index is 10.0. The second-order valence-electron chi connectivity index (χ2n) is 4.39. The molecule has 1 aromatic heterocycles. The quantitative estimate of drug-likeness (QED) is 0.790. The molecule has 0 aliphatic carbocycles. The summed E-state index contributed by atoms with van der Waals surface area (Å²) in [5.74, 6) is 0. The molecule has 0 amide bonds. The molecular weight excluding hydrogens is 186 g/mol. The number of hydrogen-bond donors (Lipinski definition) is 2. The highest BCUT2D eigenvalue weighted by Crippen LogP contribution is 2.23. The van der Waals surface area contributed by atoms with E-state index in [1.165, 1.54) is 10.9 Å². The van der Waals surface area contributed by atoms with Crippen LogP contribution in [0.2, 0.25) is 0 Å². The molecule has 0 aliphatic heterocycles. The van der Waals surface area contributed by atoms with Crippen molar-refractivity contribution >= 4 is 10.9 Å². The molecule has 0 saturated heterocycles. The van der Waals surface area contributed by atoms with Crippen LogP contribution >= 0.6 is 0 Å². The first kappa shape index (κ1) is 10.2. The zero-order valence-electron chi connectivity index (χ0n) is 9.25. The Labute approximate surface area is 89.9 Å². The minimum atomic E-state index is -0.606. The lowest BCUT2D eigenvalue weighted by molar-refractivity contribution is 0.0568. The summed E-state index contributed by atoms with van der Waals surface area (Å²) in [6.07, 6.45) is 3.47. The third-order valence-electron chi connectivity index (χ3n) is 3.01. The SMILES string of the molecule is CCC(C)(O)Cc1c[nH]c2ccccc12. The van der Waals surface area contributed by atoms with Crippen LogP contribution in [0.15, 0.2) is 30.5 Å². The van der Waals surface area contributed by atoms with E-state index in [2.05, 4.69) is 17.1 Å². The van der Waals surface area contributed by atoms with Crippen LogP contribution in [0.3, 0.4) is 0 Å². The van der Waals surface area contributed by atoms with Crippen LogP contribution in [0, 0.1) is 0 Å². The van der Waals surface area contributed by atoms with Crippen molar-refractivity contribution in [2.24, 2.45) is 0 Å². The molecule has 0 saturated carbocycles. The Morgan fingerprint density at radius 2 is 2.07 bits per heavy atom. The molecule has 1 atom stereocenters. The molecule has 2 heteroatoms. The van der Waals surface area contributed by atoms with Gasteiger partial charge in [0.25, 0.3) is 0 Å². The van der Waals surface area contributed by atoms with Crippen LogP contribution < -0.4 is 0 Å². The number of hydrogen-bond acceptors (Lipinski definition) is 1. The molecule has 0 bridgehead atoms. The Balaban J connectivity index is 2.37. The largest absolute Gasteiger partial charge is 0.390 e. The fourth-order valence-electron chi connectivity index (χ4n) is 1.81. The highest BCUT2D eigenvalue weighted by atomic mass is 16.3. The Morgan fingerprint density at radius 1 is 1.33 bits per heavy atom. The Kier molecular flexibility index (Phi) is 2.53. The van der Waals surface area contributed by atoms with Crippen LogP contribution in [0.25, 0.3) is 10.9 Å². The second kappa shape index (κ2) is 3.70. The number of aliphatic hydroxyl groups is 1. The highest BCUT2D eigenvalue weighted by Gasteiger charge is 2.19. The molecule has 0 radical (unpaired) electrons. The van der Waals surface area contributed by atoms with Crippen LogP contribution in [-0.2, 0) is 6.42 Å². The topological polar surface area (TPSA) is 36.0 Å². The molecule has 2 aromatic rings. The van der Waals surface area contributed by atoms with Gasteiger partial charge in [0.2, 0.25) is 0 Å². The molecule has 80 valence electrons. The van der Waals surface area contributed by atoms with E-state index in [4.69, 9.17) is 0 Å². The minimum Gasteiger partial charge on any atom is -0.390 e. The lowest BCUT2D eigenvalue weighted by Gasteiger charge is -2.20. The molecule has 0 fully saturated rings. The van der Waals surface area contributed by atoms with Gasteiger partial charge in [0.15, 0.2) is 0 Å². The van der Waals surface area contributed by atoms with Crippen molar-refractivity contribution in [2.45, 2.75) is 32.3 Å². The van der Waals surface area contributed by atoms with Crippen LogP contribution in [0.1, 0.15) is 25.8 Å². The first-order valence-corrected chi connectivity index (χ1v) is 5.40. The molecule has 1 aromatic carbocycles. The van der Waals surface area contributed by atoms with E-state index in [0.717, 1.165) is 11.9 Å². The van der Waals surface area contributed by atoms with Gasteiger partial charge < -0.3 is 10.1 Å². The van der Waals surface area contributed by atoms with E-state index < -0.39 is 5.60 Å². The molecule has 0 aliphatic rings. The van der Waals surface area contributed by atoms with E-state index in [-0.39, 0.29) is 0 Å². The smallest absolute Gasteiger partial charge is 0.0658 e. The number of rotatable bonds is 3. The molecule has 1 heterocycles. The van der Waals surface area contributed by atoms with Gasteiger partial charge in [0.05, 0.1) is 5.60 Å². The van der Waals surface area contributed by atoms with Gasteiger partial charge in [0, 0.05) is 23.5 Å². The van der Waals surface area contributed by atoms with Gasteiger partial charge >= 0.3 is 0 Å². The molecule has 2 N–H and O–H groups in total. The monoisotopic (exact) mass is 203 g/mol. The van der Waals surface area contributed by atoms with Gasteiger partial charge in [-0.1, -0.05) is 25.1 Å². The molecular formula is C13H17NO. The first-order valence-electron chi connectivity index (χ1n) is 5.40. The summed E-state index contributed by atoms with van der Waals surface area (Å²) < 4.78 is 0. The average molecular weight is 203 g/mol. The van der Waals surface area contributed by atoms with Crippen molar-refractivity contribution in [1.82, 2.24) is 4.98 Å². The first-order chi connectivity index (χ1) is 7.12. The van der Waals surface area contributed by atoms with Gasteiger partial charge in [-0.3, -0.25) is 0 Å². The molecule has 2 nitrogen and oxygen atoms in total. The van der Waals surface area contributed by atoms with Gasteiger partial charge in [0.1, 0.15) is 0 Å². The zero-order valence-corrected chi connectivity index (χ0v) is 9.25. The number of benzene rings is 1. The predicted molar refractivity (Wildman–Crippen MR) is 62.9 cm³/mol. The summed E-state index contributed by atoms with van der Waals surface area (Å²) in [5.41, 5.74) is 1.72. The van der Waals surface area contributed by atoms with E-state index in [9.17, 15) is 5.11 Å². The van der Waals surface area contributed by atoms with Crippen molar-refractivity contribution in [3.63, 3.8) is 0 Å². The van der Waals surface area contributed by atoms with Gasteiger partial charge in [-0.15, -0.1) is 0 Å². The fraction of sp³-hybridized carbons (Fsp3) is 0.385. The lowest BCUT2D eigenvalue weighted by Crippen LogP contribution is -2.25. The summed E-state index contributed by atoms with van der Waals surface area (Å²) in [7, 11) is 0. The van der Waals surface area contributed by atoms with E-state index >= 15 is 0 Å². The van der Waals surface area contributed by atoms with Crippen molar-refractivity contribution in [3.8, 4) is 0 Å². The highest BCUT2D eigenvalue weighted by molar-refractivity contribution is 5.83. The molecule has 2 rings (SSSR count). The molecule has 1 unspecified atom stereocenters. The fourth-order valence-corrected chi connectivity index (χ4v) is 1.81.